The van der Waals surface area contributed by atoms with Crippen molar-refractivity contribution in [1.82, 2.24) is 9.38 Å². The summed E-state index contributed by atoms with van der Waals surface area (Å²) < 4.78 is 2.03. The molecule has 0 bridgehead atoms. The van der Waals surface area contributed by atoms with Gasteiger partial charge in [0.1, 0.15) is 11.3 Å². The van der Waals surface area contributed by atoms with Crippen LogP contribution in [0.25, 0.3) is 16.9 Å². The van der Waals surface area contributed by atoms with Gasteiger partial charge in [0, 0.05) is 18.0 Å². The van der Waals surface area contributed by atoms with E-state index in [-0.39, 0.29) is 0 Å². The smallest absolute Gasteiger partial charge is 0.165 e. The molecule has 3 heteroatoms. The molecule has 0 fully saturated rings. The zero-order valence-corrected chi connectivity index (χ0v) is 14.3. The van der Waals surface area contributed by atoms with Gasteiger partial charge in [-0.2, -0.15) is 0 Å². The summed E-state index contributed by atoms with van der Waals surface area (Å²) in [5.74, 6) is 0.850. The number of aromatic nitrogens is 2. The quantitative estimate of drug-likeness (QED) is 0.466. The second kappa shape index (κ2) is 6.36. The van der Waals surface area contributed by atoms with E-state index >= 15 is 0 Å². The Bertz CT molecular complexity index is 1070. The maximum atomic E-state index is 4.80. The highest BCUT2D eigenvalue weighted by Gasteiger charge is 2.13. The number of hydrogen-bond donors (Lipinski definition) is 0. The summed E-state index contributed by atoms with van der Waals surface area (Å²) in [5.41, 5.74) is 6.40. The Balaban J connectivity index is 1.88. The molecule has 0 unspecified atom stereocenters. The van der Waals surface area contributed by atoms with Crippen LogP contribution < -0.4 is 0 Å². The predicted molar refractivity (Wildman–Crippen MR) is 104 cm³/mol. The second-order valence-corrected chi connectivity index (χ2v) is 6.25. The van der Waals surface area contributed by atoms with Gasteiger partial charge in [0.05, 0.1) is 0 Å². The minimum absolute atomic E-state index is 0.850. The van der Waals surface area contributed by atoms with Crippen LogP contribution in [-0.2, 0) is 0 Å². The van der Waals surface area contributed by atoms with Gasteiger partial charge >= 0.3 is 0 Å². The van der Waals surface area contributed by atoms with E-state index in [0.29, 0.717) is 0 Å². The first-order chi connectivity index (χ1) is 12.2. The Hall–Kier alpha value is -3.20. The van der Waals surface area contributed by atoms with E-state index in [0.717, 1.165) is 28.3 Å². The van der Waals surface area contributed by atoms with E-state index in [1.54, 1.807) is 0 Å². The summed E-state index contributed by atoms with van der Waals surface area (Å²) >= 11 is 0. The highest BCUT2D eigenvalue weighted by atomic mass is 15.1. The Kier molecular flexibility index (Phi) is 3.90. The number of pyridine rings is 1. The van der Waals surface area contributed by atoms with E-state index in [9.17, 15) is 0 Å². The van der Waals surface area contributed by atoms with E-state index in [1.165, 1.54) is 11.1 Å². The number of fused-ring (bicyclic) bond motifs is 1. The van der Waals surface area contributed by atoms with Crippen molar-refractivity contribution in [3.05, 3.63) is 89.6 Å². The van der Waals surface area contributed by atoms with E-state index in [1.807, 2.05) is 41.1 Å². The molecule has 0 aliphatic rings. The van der Waals surface area contributed by atoms with Crippen molar-refractivity contribution < 1.29 is 0 Å². The molecule has 122 valence electrons. The van der Waals surface area contributed by atoms with Crippen LogP contribution in [0.4, 0.5) is 5.82 Å². The molecule has 0 amide bonds. The molecular weight excluding hydrogens is 306 g/mol. The van der Waals surface area contributed by atoms with Crippen molar-refractivity contribution in [3.63, 3.8) is 0 Å². The van der Waals surface area contributed by atoms with Crippen LogP contribution >= 0.6 is 0 Å². The molecule has 0 spiro atoms. The van der Waals surface area contributed by atoms with E-state index in [2.05, 4.69) is 56.3 Å². The molecule has 4 rings (SSSR count). The minimum Gasteiger partial charge on any atom is -0.284 e. The molecular formula is C22H19N3. The van der Waals surface area contributed by atoms with Gasteiger partial charge in [-0.1, -0.05) is 59.7 Å². The Morgan fingerprint density at radius 3 is 2.48 bits per heavy atom. The third-order valence-electron chi connectivity index (χ3n) is 4.17. The van der Waals surface area contributed by atoms with E-state index < -0.39 is 0 Å². The Labute approximate surface area is 147 Å². The van der Waals surface area contributed by atoms with Crippen LogP contribution in [0.3, 0.4) is 0 Å². The predicted octanol–water partition coefficient (Wildman–Crippen LogP) is 5.37. The van der Waals surface area contributed by atoms with Crippen LogP contribution in [0.5, 0.6) is 0 Å². The molecule has 0 aliphatic carbocycles. The lowest BCUT2D eigenvalue weighted by molar-refractivity contribution is 1.17. The van der Waals surface area contributed by atoms with Gasteiger partial charge in [-0.3, -0.25) is 4.40 Å². The average molecular weight is 325 g/mol. The van der Waals surface area contributed by atoms with Gasteiger partial charge < -0.3 is 0 Å². The summed E-state index contributed by atoms with van der Waals surface area (Å²) in [7, 11) is 0. The first kappa shape index (κ1) is 15.3. The normalized spacial score (nSPS) is 11.4. The topological polar surface area (TPSA) is 29.7 Å². The number of rotatable bonds is 3. The largest absolute Gasteiger partial charge is 0.284 e. The van der Waals surface area contributed by atoms with Crippen LogP contribution in [0.1, 0.15) is 16.7 Å². The molecule has 0 aliphatic heterocycles. The van der Waals surface area contributed by atoms with Crippen molar-refractivity contribution in [2.24, 2.45) is 4.99 Å². The Morgan fingerprint density at radius 2 is 1.68 bits per heavy atom. The standard InChI is InChI=1S/C22H19N3/c1-16-7-5-9-18(13-16)15-23-22-21(19-10-6-8-17(2)14-19)24-20-11-3-4-12-25(20)22/h3-15H,1-2H3/b23-15+. The van der Waals surface area contributed by atoms with Gasteiger partial charge in [0.15, 0.2) is 5.82 Å². The highest BCUT2D eigenvalue weighted by Crippen LogP contribution is 2.31. The van der Waals surface area contributed by atoms with Crippen molar-refractivity contribution in [1.29, 1.82) is 0 Å². The van der Waals surface area contributed by atoms with Gasteiger partial charge in [0.25, 0.3) is 0 Å². The maximum absolute atomic E-state index is 4.80. The van der Waals surface area contributed by atoms with Crippen molar-refractivity contribution in [2.75, 3.05) is 0 Å². The van der Waals surface area contributed by atoms with Gasteiger partial charge in [-0.05, 0) is 37.6 Å². The van der Waals surface area contributed by atoms with Crippen molar-refractivity contribution in [3.8, 4) is 11.3 Å². The van der Waals surface area contributed by atoms with Crippen molar-refractivity contribution in [2.45, 2.75) is 13.8 Å². The SMILES string of the molecule is Cc1cccc(/C=N/c2c(-c3cccc(C)c3)nc3ccccn23)c1. The number of nitrogens with zero attached hydrogens (tertiary/aromatic N) is 3. The fourth-order valence-electron chi connectivity index (χ4n) is 2.98. The fourth-order valence-corrected chi connectivity index (χ4v) is 2.98. The highest BCUT2D eigenvalue weighted by molar-refractivity contribution is 5.85. The number of aliphatic imine (C=N–C) groups is 1. The third kappa shape index (κ3) is 3.09. The molecule has 2 aromatic carbocycles. The summed E-state index contributed by atoms with van der Waals surface area (Å²) in [6.07, 6.45) is 3.91. The van der Waals surface area contributed by atoms with Crippen LogP contribution in [-0.4, -0.2) is 15.6 Å². The first-order valence-corrected chi connectivity index (χ1v) is 8.35. The molecule has 25 heavy (non-hydrogen) atoms. The maximum Gasteiger partial charge on any atom is 0.165 e. The average Bonchev–Trinajstić information content (AvgIpc) is 2.99. The lowest BCUT2D eigenvalue weighted by atomic mass is 10.1. The Morgan fingerprint density at radius 1 is 0.880 bits per heavy atom. The molecule has 0 saturated heterocycles. The number of hydrogen-bond acceptors (Lipinski definition) is 2. The molecule has 0 saturated carbocycles. The molecule has 0 N–H and O–H groups in total. The molecule has 0 atom stereocenters. The summed E-state index contributed by atoms with van der Waals surface area (Å²) in [5, 5.41) is 0. The van der Waals surface area contributed by atoms with E-state index in [4.69, 9.17) is 9.98 Å². The second-order valence-electron chi connectivity index (χ2n) is 6.25. The van der Waals surface area contributed by atoms with Gasteiger partial charge in [0.2, 0.25) is 0 Å². The van der Waals surface area contributed by atoms with Gasteiger partial charge in [-0.25, -0.2) is 9.98 Å². The van der Waals surface area contributed by atoms with Gasteiger partial charge in [-0.15, -0.1) is 0 Å². The third-order valence-corrected chi connectivity index (χ3v) is 4.17. The number of benzene rings is 2. The zero-order chi connectivity index (χ0) is 17.2. The fraction of sp³-hybridized carbons (Fsp3) is 0.0909. The first-order valence-electron chi connectivity index (χ1n) is 8.35. The zero-order valence-electron chi connectivity index (χ0n) is 14.3. The molecule has 2 heterocycles. The summed E-state index contributed by atoms with van der Waals surface area (Å²) in [4.78, 5) is 9.59. The van der Waals surface area contributed by atoms with Crippen LogP contribution in [0.15, 0.2) is 77.9 Å². The molecule has 2 aromatic heterocycles. The minimum atomic E-state index is 0.850. The molecule has 0 radical (unpaired) electrons. The van der Waals surface area contributed by atoms with Crippen LogP contribution in [0.2, 0.25) is 0 Å². The van der Waals surface area contributed by atoms with Crippen LogP contribution in [0, 0.1) is 13.8 Å². The molecule has 4 aromatic rings. The lowest BCUT2D eigenvalue weighted by Crippen LogP contribution is -1.86. The summed E-state index contributed by atoms with van der Waals surface area (Å²) in [6, 6.07) is 22.7. The number of aryl methyl sites for hydroxylation is 2. The molecule has 3 nitrogen and oxygen atoms in total. The summed E-state index contributed by atoms with van der Waals surface area (Å²) in [6.45, 7) is 4.18. The lowest BCUT2D eigenvalue weighted by Gasteiger charge is -2.02. The van der Waals surface area contributed by atoms with Crippen molar-refractivity contribution >= 4 is 17.7 Å². The monoisotopic (exact) mass is 325 g/mol. The number of imidazole rings is 1.